The molecule has 108 valence electrons. The minimum absolute atomic E-state index is 0.316. The molecule has 0 atom stereocenters. The van der Waals surface area contributed by atoms with Crippen molar-refractivity contribution in [2.24, 2.45) is 5.41 Å². The Bertz CT molecular complexity index is 604. The smallest absolute Gasteiger partial charge is 0.225 e. The Labute approximate surface area is 128 Å². The quantitative estimate of drug-likeness (QED) is 0.881. The Kier molecular flexibility index (Phi) is 3.84. The molecule has 1 aliphatic rings. The number of halogens is 1. The summed E-state index contributed by atoms with van der Waals surface area (Å²) in [6.07, 6.45) is 2.42. The van der Waals surface area contributed by atoms with Crippen LogP contribution in [0.25, 0.3) is 10.2 Å². The van der Waals surface area contributed by atoms with Gasteiger partial charge in [0.2, 0.25) is 5.28 Å². The highest BCUT2D eigenvalue weighted by Gasteiger charge is 2.28. The normalized spacial score (nSPS) is 19.4. The second-order valence-electron chi connectivity index (χ2n) is 5.95. The molecular weight excluding hydrogens is 292 g/mol. The molecule has 0 amide bonds. The number of anilines is 1. The fourth-order valence-electron chi connectivity index (χ4n) is 2.60. The van der Waals surface area contributed by atoms with Crippen molar-refractivity contribution in [2.45, 2.75) is 19.8 Å². The average Bonchev–Trinajstić information content (AvgIpc) is 2.88. The molecule has 1 aliphatic heterocycles. The standard InChI is InChI=1S/C14H19ClN4S/c1-14(4-6-19(2)7-5-14)9-16-11-10-3-8-20-12(10)18-13(15)17-11/h3,8H,4-7,9H2,1-2H3,(H,16,17,18). The molecule has 2 aromatic heterocycles. The molecule has 0 unspecified atom stereocenters. The summed E-state index contributed by atoms with van der Waals surface area (Å²) in [6, 6.07) is 2.05. The highest BCUT2D eigenvalue weighted by atomic mass is 35.5. The van der Waals surface area contributed by atoms with E-state index >= 15 is 0 Å². The Morgan fingerprint density at radius 2 is 2.15 bits per heavy atom. The molecule has 20 heavy (non-hydrogen) atoms. The van der Waals surface area contributed by atoms with E-state index in [0.717, 1.165) is 35.7 Å². The maximum Gasteiger partial charge on any atom is 0.225 e. The van der Waals surface area contributed by atoms with E-state index in [4.69, 9.17) is 11.6 Å². The van der Waals surface area contributed by atoms with Crippen molar-refractivity contribution in [1.29, 1.82) is 0 Å². The molecule has 0 aliphatic carbocycles. The molecule has 1 fully saturated rings. The number of hydrogen-bond acceptors (Lipinski definition) is 5. The zero-order valence-electron chi connectivity index (χ0n) is 11.8. The Morgan fingerprint density at radius 1 is 1.40 bits per heavy atom. The predicted octanol–water partition coefficient (Wildman–Crippen LogP) is 3.49. The summed E-state index contributed by atoms with van der Waals surface area (Å²) in [5, 5.41) is 6.90. The number of nitrogens with one attached hydrogen (secondary N) is 1. The van der Waals surface area contributed by atoms with E-state index in [0.29, 0.717) is 10.7 Å². The third kappa shape index (κ3) is 2.90. The van der Waals surface area contributed by atoms with Crippen molar-refractivity contribution in [2.75, 3.05) is 32.0 Å². The average molecular weight is 311 g/mol. The number of hydrogen-bond donors (Lipinski definition) is 1. The van der Waals surface area contributed by atoms with Crippen molar-refractivity contribution in [3.63, 3.8) is 0 Å². The molecule has 0 aromatic carbocycles. The van der Waals surface area contributed by atoms with Gasteiger partial charge in [-0.05, 0) is 61.4 Å². The number of rotatable bonds is 3. The monoisotopic (exact) mass is 310 g/mol. The van der Waals surface area contributed by atoms with E-state index < -0.39 is 0 Å². The summed E-state index contributed by atoms with van der Waals surface area (Å²) >= 11 is 7.59. The van der Waals surface area contributed by atoms with Crippen LogP contribution in [0.1, 0.15) is 19.8 Å². The second kappa shape index (κ2) is 5.47. The van der Waals surface area contributed by atoms with Gasteiger partial charge >= 0.3 is 0 Å². The first-order chi connectivity index (χ1) is 9.56. The highest BCUT2D eigenvalue weighted by molar-refractivity contribution is 7.16. The fourth-order valence-corrected chi connectivity index (χ4v) is 3.58. The van der Waals surface area contributed by atoms with Crippen LogP contribution in [0.4, 0.5) is 5.82 Å². The molecule has 6 heteroatoms. The minimum atomic E-state index is 0.316. The highest BCUT2D eigenvalue weighted by Crippen LogP contribution is 2.32. The molecule has 0 saturated carbocycles. The molecule has 0 spiro atoms. The number of likely N-dealkylation sites (tertiary alicyclic amines) is 1. The SMILES string of the molecule is CN1CCC(C)(CNc2nc(Cl)nc3sccc23)CC1. The molecule has 4 nitrogen and oxygen atoms in total. The van der Waals surface area contributed by atoms with Crippen LogP contribution in [0.5, 0.6) is 0 Å². The second-order valence-corrected chi connectivity index (χ2v) is 7.18. The molecule has 3 heterocycles. The van der Waals surface area contributed by atoms with Crippen LogP contribution < -0.4 is 5.32 Å². The van der Waals surface area contributed by atoms with Gasteiger partial charge < -0.3 is 10.2 Å². The summed E-state index contributed by atoms with van der Waals surface area (Å²) in [4.78, 5) is 11.9. The van der Waals surface area contributed by atoms with E-state index in [9.17, 15) is 0 Å². The summed E-state index contributed by atoms with van der Waals surface area (Å²) in [5.41, 5.74) is 0.326. The van der Waals surface area contributed by atoms with Gasteiger partial charge in [0, 0.05) is 6.54 Å². The molecule has 1 N–H and O–H groups in total. The minimum Gasteiger partial charge on any atom is -0.369 e. The van der Waals surface area contributed by atoms with Crippen LogP contribution in [-0.4, -0.2) is 41.5 Å². The summed E-state index contributed by atoms with van der Waals surface area (Å²) in [6.45, 7) is 5.60. The number of nitrogens with zero attached hydrogens (tertiary/aromatic N) is 3. The fraction of sp³-hybridized carbons (Fsp3) is 0.571. The Morgan fingerprint density at radius 3 is 2.90 bits per heavy atom. The molecule has 1 saturated heterocycles. The Hall–Kier alpha value is -0.910. The topological polar surface area (TPSA) is 41.0 Å². The van der Waals surface area contributed by atoms with Gasteiger partial charge in [-0.3, -0.25) is 0 Å². The van der Waals surface area contributed by atoms with E-state index in [1.807, 2.05) is 5.38 Å². The molecule has 0 bridgehead atoms. The number of piperidine rings is 1. The third-order valence-corrected chi connectivity index (χ3v) is 5.15. The first-order valence-electron chi connectivity index (χ1n) is 6.89. The van der Waals surface area contributed by atoms with Crippen molar-refractivity contribution in [1.82, 2.24) is 14.9 Å². The first-order valence-corrected chi connectivity index (χ1v) is 8.15. The van der Waals surface area contributed by atoms with Gasteiger partial charge in [-0.25, -0.2) is 9.97 Å². The van der Waals surface area contributed by atoms with Gasteiger partial charge in [0.05, 0.1) is 5.39 Å². The van der Waals surface area contributed by atoms with Crippen molar-refractivity contribution in [3.8, 4) is 0 Å². The molecule has 3 rings (SSSR count). The zero-order valence-corrected chi connectivity index (χ0v) is 13.4. The van der Waals surface area contributed by atoms with Crippen molar-refractivity contribution < 1.29 is 0 Å². The van der Waals surface area contributed by atoms with Crippen LogP contribution in [-0.2, 0) is 0 Å². The van der Waals surface area contributed by atoms with E-state index in [2.05, 4.69) is 40.2 Å². The lowest BCUT2D eigenvalue weighted by atomic mass is 9.80. The van der Waals surface area contributed by atoms with E-state index in [-0.39, 0.29) is 0 Å². The van der Waals surface area contributed by atoms with Gasteiger partial charge in [0.15, 0.2) is 0 Å². The first kappa shape index (κ1) is 14.0. The molecular formula is C14H19ClN4S. The van der Waals surface area contributed by atoms with Crippen LogP contribution >= 0.6 is 22.9 Å². The maximum absolute atomic E-state index is 5.99. The number of thiophene rings is 1. The van der Waals surface area contributed by atoms with E-state index in [1.165, 1.54) is 12.8 Å². The van der Waals surface area contributed by atoms with Crippen LogP contribution in [0.3, 0.4) is 0 Å². The zero-order chi connectivity index (χ0) is 14.2. The van der Waals surface area contributed by atoms with Gasteiger partial charge in [-0.2, -0.15) is 0 Å². The predicted molar refractivity (Wildman–Crippen MR) is 85.8 cm³/mol. The summed E-state index contributed by atoms with van der Waals surface area (Å²) in [5.74, 6) is 0.862. The molecule has 2 aromatic rings. The van der Waals surface area contributed by atoms with E-state index in [1.54, 1.807) is 11.3 Å². The summed E-state index contributed by atoms with van der Waals surface area (Å²) in [7, 11) is 2.19. The lowest BCUT2D eigenvalue weighted by molar-refractivity contribution is 0.150. The van der Waals surface area contributed by atoms with Gasteiger partial charge in [-0.1, -0.05) is 6.92 Å². The van der Waals surface area contributed by atoms with Gasteiger partial charge in [0.25, 0.3) is 0 Å². The number of fused-ring (bicyclic) bond motifs is 1. The van der Waals surface area contributed by atoms with Crippen LogP contribution in [0, 0.1) is 5.41 Å². The largest absolute Gasteiger partial charge is 0.369 e. The lowest BCUT2D eigenvalue weighted by Gasteiger charge is -2.38. The molecule has 0 radical (unpaired) electrons. The number of aromatic nitrogens is 2. The van der Waals surface area contributed by atoms with Crippen LogP contribution in [0.15, 0.2) is 11.4 Å². The van der Waals surface area contributed by atoms with Gasteiger partial charge in [0.1, 0.15) is 10.6 Å². The third-order valence-electron chi connectivity index (χ3n) is 4.17. The van der Waals surface area contributed by atoms with Crippen molar-refractivity contribution >= 4 is 39.0 Å². The Balaban J connectivity index is 1.75. The lowest BCUT2D eigenvalue weighted by Crippen LogP contribution is -2.40. The van der Waals surface area contributed by atoms with Crippen molar-refractivity contribution in [3.05, 3.63) is 16.7 Å². The summed E-state index contributed by atoms with van der Waals surface area (Å²) < 4.78 is 0. The van der Waals surface area contributed by atoms with Crippen LogP contribution in [0.2, 0.25) is 5.28 Å². The van der Waals surface area contributed by atoms with Gasteiger partial charge in [-0.15, -0.1) is 11.3 Å². The maximum atomic E-state index is 5.99.